The lowest BCUT2D eigenvalue weighted by atomic mass is 10.0. The molecule has 0 unspecified atom stereocenters. The van der Waals surface area contributed by atoms with Gasteiger partial charge in [-0.05, 0) is 47.4 Å². The summed E-state index contributed by atoms with van der Waals surface area (Å²) in [5.74, 6) is -1.36. The van der Waals surface area contributed by atoms with Crippen LogP contribution in [0.3, 0.4) is 0 Å². The van der Waals surface area contributed by atoms with Crippen molar-refractivity contribution in [2.45, 2.75) is 13.0 Å². The second-order valence-electron chi connectivity index (χ2n) is 7.52. The molecule has 0 aliphatic carbocycles. The molecule has 0 atom stereocenters. The van der Waals surface area contributed by atoms with Gasteiger partial charge in [-0.3, -0.25) is 9.47 Å². The quantitative estimate of drug-likeness (QED) is 0.309. The van der Waals surface area contributed by atoms with E-state index in [1.165, 1.54) is 30.3 Å². The molecule has 0 fully saturated rings. The van der Waals surface area contributed by atoms with Crippen molar-refractivity contribution >= 4 is 23.1 Å². The summed E-state index contributed by atoms with van der Waals surface area (Å²) in [4.78, 5) is 23.3. The maximum absolute atomic E-state index is 15.0. The molecule has 8 nitrogen and oxygen atoms in total. The average Bonchev–Trinajstić information content (AvgIpc) is 3.50. The van der Waals surface area contributed by atoms with E-state index in [0.29, 0.717) is 0 Å². The van der Waals surface area contributed by atoms with Crippen LogP contribution in [0.15, 0.2) is 53.3 Å². The predicted molar refractivity (Wildman–Crippen MR) is 126 cm³/mol. The number of nitrogens with one attached hydrogen (secondary N) is 2. The van der Waals surface area contributed by atoms with Crippen molar-refractivity contribution in [3.63, 3.8) is 0 Å². The molecule has 2 aromatic carbocycles. The van der Waals surface area contributed by atoms with Gasteiger partial charge in [-0.2, -0.15) is 10.1 Å². The van der Waals surface area contributed by atoms with Crippen molar-refractivity contribution in [1.82, 2.24) is 29.5 Å². The largest absolute Gasteiger partial charge is 0.473 e. The molecule has 3 aromatic heterocycles. The van der Waals surface area contributed by atoms with Crippen LogP contribution in [-0.4, -0.2) is 29.5 Å². The SMILES string of the molecule is O=c1nc(-c2n[nH]c(Cc3cc(F)c(-c4cccc(OCc5ccc(Cl)cc5F)n4)cc3F)n2)s[nH]1. The van der Waals surface area contributed by atoms with Crippen molar-refractivity contribution in [3.05, 3.63) is 98.4 Å². The van der Waals surface area contributed by atoms with E-state index in [0.717, 1.165) is 23.7 Å². The van der Waals surface area contributed by atoms with Gasteiger partial charge in [-0.15, -0.1) is 0 Å². The molecule has 0 spiro atoms. The minimum atomic E-state index is -0.704. The number of halogens is 4. The maximum Gasteiger partial charge on any atom is 0.355 e. The number of hydrogen-bond donors (Lipinski definition) is 2. The van der Waals surface area contributed by atoms with Crippen molar-refractivity contribution in [3.8, 4) is 28.0 Å². The first-order valence-electron chi connectivity index (χ1n) is 10.3. The molecule has 0 aliphatic rings. The number of H-pyrrole nitrogens is 2. The third-order valence-electron chi connectivity index (χ3n) is 5.05. The van der Waals surface area contributed by atoms with Crippen LogP contribution < -0.4 is 10.4 Å². The zero-order valence-electron chi connectivity index (χ0n) is 18.1. The van der Waals surface area contributed by atoms with E-state index in [4.69, 9.17) is 16.3 Å². The molecule has 2 N–H and O–H groups in total. The molecule has 0 bridgehead atoms. The zero-order valence-corrected chi connectivity index (χ0v) is 19.6. The van der Waals surface area contributed by atoms with E-state index in [-0.39, 0.29) is 63.0 Å². The molecule has 36 heavy (non-hydrogen) atoms. The third-order valence-corrected chi connectivity index (χ3v) is 6.02. The molecular formula is C23H14ClF3N6O2S. The fourth-order valence-electron chi connectivity index (χ4n) is 3.33. The number of aromatic nitrogens is 6. The Morgan fingerprint density at radius 2 is 1.78 bits per heavy atom. The minimum Gasteiger partial charge on any atom is -0.473 e. The van der Waals surface area contributed by atoms with Gasteiger partial charge in [0.2, 0.25) is 11.7 Å². The Morgan fingerprint density at radius 1 is 0.944 bits per heavy atom. The minimum absolute atomic E-state index is 0.0415. The molecule has 0 amide bonds. The molecule has 3 heterocycles. The number of pyridine rings is 1. The fourth-order valence-corrected chi connectivity index (χ4v) is 4.03. The highest BCUT2D eigenvalue weighted by molar-refractivity contribution is 7.08. The van der Waals surface area contributed by atoms with Gasteiger partial charge in [0.1, 0.15) is 29.9 Å². The molecule has 0 saturated carbocycles. The highest BCUT2D eigenvalue weighted by atomic mass is 35.5. The lowest BCUT2D eigenvalue weighted by Gasteiger charge is -2.10. The van der Waals surface area contributed by atoms with Gasteiger partial charge in [0.15, 0.2) is 5.01 Å². The van der Waals surface area contributed by atoms with Gasteiger partial charge >= 0.3 is 5.69 Å². The molecular weight excluding hydrogens is 517 g/mol. The number of hydrogen-bond acceptors (Lipinski definition) is 7. The first-order chi connectivity index (χ1) is 17.4. The molecule has 5 rings (SSSR count). The number of rotatable bonds is 7. The Hall–Kier alpha value is -4.03. The average molecular weight is 531 g/mol. The van der Waals surface area contributed by atoms with E-state index in [9.17, 15) is 18.0 Å². The molecule has 182 valence electrons. The van der Waals surface area contributed by atoms with E-state index in [2.05, 4.69) is 29.5 Å². The maximum atomic E-state index is 15.0. The van der Waals surface area contributed by atoms with Crippen LogP contribution in [0, 0.1) is 17.5 Å². The van der Waals surface area contributed by atoms with Gasteiger partial charge in [0, 0.05) is 28.6 Å². The van der Waals surface area contributed by atoms with Gasteiger partial charge in [0.25, 0.3) is 0 Å². The third kappa shape index (κ3) is 5.14. The molecule has 13 heteroatoms. The Morgan fingerprint density at radius 3 is 2.56 bits per heavy atom. The van der Waals surface area contributed by atoms with Gasteiger partial charge in [-0.1, -0.05) is 23.7 Å². The van der Waals surface area contributed by atoms with Crippen LogP contribution in [0.1, 0.15) is 17.0 Å². The summed E-state index contributed by atoms with van der Waals surface area (Å²) in [6.07, 6.45) is -0.0708. The van der Waals surface area contributed by atoms with E-state index in [1.807, 2.05) is 0 Å². The number of aromatic amines is 2. The topological polar surface area (TPSA) is 109 Å². The van der Waals surface area contributed by atoms with Crippen LogP contribution in [0.4, 0.5) is 13.2 Å². The summed E-state index contributed by atoms with van der Waals surface area (Å²) >= 11 is 6.72. The second-order valence-corrected chi connectivity index (χ2v) is 8.75. The number of nitrogens with zero attached hydrogens (tertiary/aromatic N) is 4. The van der Waals surface area contributed by atoms with Crippen molar-refractivity contribution in [2.24, 2.45) is 0 Å². The number of benzene rings is 2. The monoisotopic (exact) mass is 530 g/mol. The summed E-state index contributed by atoms with van der Waals surface area (Å²) < 4.78 is 51.8. The first-order valence-corrected chi connectivity index (χ1v) is 11.5. The summed E-state index contributed by atoms with van der Waals surface area (Å²) in [6, 6.07) is 10.9. The Kier molecular flexibility index (Phi) is 6.53. The highest BCUT2D eigenvalue weighted by Crippen LogP contribution is 2.27. The van der Waals surface area contributed by atoms with Crippen LogP contribution in [0.2, 0.25) is 5.02 Å². The van der Waals surface area contributed by atoms with Crippen molar-refractivity contribution in [2.75, 3.05) is 0 Å². The fraction of sp³-hybridized carbons (Fsp3) is 0.0870. The molecule has 0 saturated heterocycles. The van der Waals surface area contributed by atoms with E-state index in [1.54, 1.807) is 6.07 Å². The normalized spacial score (nSPS) is 11.1. The summed E-state index contributed by atoms with van der Waals surface area (Å²) in [5, 5.41) is 7.12. The summed E-state index contributed by atoms with van der Waals surface area (Å²) in [7, 11) is 0. The van der Waals surface area contributed by atoms with E-state index >= 15 is 0 Å². The van der Waals surface area contributed by atoms with Crippen molar-refractivity contribution < 1.29 is 17.9 Å². The summed E-state index contributed by atoms with van der Waals surface area (Å²) in [5.41, 5.74) is -0.142. The van der Waals surface area contributed by atoms with Crippen LogP contribution >= 0.6 is 23.1 Å². The molecule has 0 radical (unpaired) electrons. The lowest BCUT2D eigenvalue weighted by Crippen LogP contribution is -2.02. The zero-order chi connectivity index (χ0) is 25.2. The predicted octanol–water partition coefficient (Wildman–Crippen LogP) is 4.92. The van der Waals surface area contributed by atoms with Gasteiger partial charge < -0.3 is 4.74 Å². The van der Waals surface area contributed by atoms with Crippen LogP contribution in [-0.2, 0) is 13.0 Å². The smallest absolute Gasteiger partial charge is 0.355 e. The number of ether oxygens (including phenoxy) is 1. The van der Waals surface area contributed by atoms with Crippen LogP contribution in [0.25, 0.3) is 22.1 Å². The summed E-state index contributed by atoms with van der Waals surface area (Å²) in [6.45, 7) is -0.121. The van der Waals surface area contributed by atoms with E-state index < -0.39 is 23.1 Å². The highest BCUT2D eigenvalue weighted by Gasteiger charge is 2.17. The molecule has 0 aliphatic heterocycles. The molecule has 5 aromatic rings. The first kappa shape index (κ1) is 23.7. The van der Waals surface area contributed by atoms with Crippen molar-refractivity contribution in [1.29, 1.82) is 0 Å². The Labute approximate surface area is 210 Å². The second kappa shape index (κ2) is 9.91. The Bertz CT molecular complexity index is 1620. The van der Waals surface area contributed by atoms with Gasteiger partial charge in [0.05, 0.1) is 5.69 Å². The van der Waals surface area contributed by atoms with Crippen LogP contribution in [0.5, 0.6) is 5.88 Å². The van der Waals surface area contributed by atoms with Gasteiger partial charge in [-0.25, -0.2) is 27.9 Å². The lowest BCUT2D eigenvalue weighted by molar-refractivity contribution is 0.288. The Balaban J connectivity index is 1.33. The standard InChI is InChI=1S/C23H14ClF3N6O2S/c24-13-5-4-11(15(25)8-13)10-35-20-3-1-2-18(28-20)14-9-16(26)12(6-17(14)27)7-19-29-21(32-31-19)22-30-23(34)33-36-22/h1-6,8-9H,7,10H2,(H,33,34)(H,29,31,32).